The summed E-state index contributed by atoms with van der Waals surface area (Å²) < 4.78 is 1.97. The van der Waals surface area contributed by atoms with Gasteiger partial charge in [-0.05, 0) is 19.4 Å². The van der Waals surface area contributed by atoms with Gasteiger partial charge in [0.1, 0.15) is 6.61 Å². The summed E-state index contributed by atoms with van der Waals surface area (Å²) in [4.78, 5) is 5.09. The summed E-state index contributed by atoms with van der Waals surface area (Å²) >= 11 is 0. The number of aliphatic hydroxyl groups is 1. The van der Waals surface area contributed by atoms with E-state index in [-0.39, 0.29) is 6.61 Å². The molecule has 0 aliphatic heterocycles. The molecule has 2 rings (SSSR count). The predicted molar refractivity (Wildman–Crippen MR) is 82.5 cm³/mol. The Kier molecular flexibility index (Phi) is 5.51. The number of aliphatic hydroxyl groups excluding tert-OH is 1. The molecular formula is C16H21N3O2. The first kappa shape index (κ1) is 15.3. The number of hydrogen-bond acceptors (Lipinski definition) is 4. The number of benzene rings is 1. The van der Waals surface area contributed by atoms with Crippen LogP contribution in [0.4, 0.5) is 0 Å². The highest BCUT2D eigenvalue weighted by atomic mass is 16.6. The van der Waals surface area contributed by atoms with Crippen LogP contribution in [-0.2, 0) is 11.4 Å². The zero-order chi connectivity index (χ0) is 15.1. The van der Waals surface area contributed by atoms with Crippen LogP contribution in [0.3, 0.4) is 0 Å². The Balaban J connectivity index is 2.07. The molecule has 2 aromatic rings. The molecule has 0 aliphatic rings. The van der Waals surface area contributed by atoms with Crippen LogP contribution in [0.15, 0.2) is 35.5 Å². The molecule has 21 heavy (non-hydrogen) atoms. The van der Waals surface area contributed by atoms with Gasteiger partial charge in [0.2, 0.25) is 0 Å². The van der Waals surface area contributed by atoms with E-state index in [1.54, 1.807) is 6.21 Å². The molecule has 1 aromatic carbocycles. The van der Waals surface area contributed by atoms with Gasteiger partial charge in [0.15, 0.2) is 0 Å². The molecule has 0 saturated carbocycles. The van der Waals surface area contributed by atoms with Gasteiger partial charge in [0.25, 0.3) is 0 Å². The molecule has 0 fully saturated rings. The lowest BCUT2D eigenvalue weighted by molar-refractivity contribution is 0.125. The molecule has 112 valence electrons. The molecule has 0 atom stereocenters. The number of aryl methyl sites for hydroxylation is 1. The summed E-state index contributed by atoms with van der Waals surface area (Å²) in [5.74, 6) is 0. The third kappa shape index (κ3) is 4.16. The normalized spacial score (nSPS) is 11.2. The van der Waals surface area contributed by atoms with Gasteiger partial charge in [-0.25, -0.2) is 0 Å². The van der Waals surface area contributed by atoms with E-state index in [0.29, 0.717) is 13.0 Å². The van der Waals surface area contributed by atoms with Gasteiger partial charge in [-0.1, -0.05) is 35.5 Å². The van der Waals surface area contributed by atoms with Gasteiger partial charge in [0, 0.05) is 24.3 Å². The van der Waals surface area contributed by atoms with Gasteiger partial charge < -0.3 is 9.94 Å². The summed E-state index contributed by atoms with van der Waals surface area (Å²) in [7, 11) is 0. The molecular weight excluding hydrogens is 266 g/mol. The fraction of sp³-hybridized carbons (Fsp3) is 0.375. The molecule has 0 aliphatic carbocycles. The number of oxime groups is 1. The van der Waals surface area contributed by atoms with E-state index < -0.39 is 0 Å². The SMILES string of the molecule is Cc1nn(Cc2ccccc2)c(C)c1/C=N/OCCCO. The number of rotatable bonds is 7. The highest BCUT2D eigenvalue weighted by Crippen LogP contribution is 2.13. The van der Waals surface area contributed by atoms with Crippen molar-refractivity contribution in [2.45, 2.75) is 26.8 Å². The maximum Gasteiger partial charge on any atom is 0.119 e. The second kappa shape index (κ2) is 7.59. The van der Waals surface area contributed by atoms with E-state index in [9.17, 15) is 0 Å². The van der Waals surface area contributed by atoms with Crippen molar-refractivity contribution in [2.24, 2.45) is 5.16 Å². The van der Waals surface area contributed by atoms with Crippen LogP contribution in [0.1, 0.15) is 28.9 Å². The van der Waals surface area contributed by atoms with Crippen LogP contribution < -0.4 is 0 Å². The Morgan fingerprint density at radius 2 is 2.05 bits per heavy atom. The lowest BCUT2D eigenvalue weighted by Crippen LogP contribution is -2.04. The van der Waals surface area contributed by atoms with Gasteiger partial charge in [-0.3, -0.25) is 4.68 Å². The van der Waals surface area contributed by atoms with Crippen molar-refractivity contribution in [3.8, 4) is 0 Å². The van der Waals surface area contributed by atoms with Crippen LogP contribution in [0.2, 0.25) is 0 Å². The van der Waals surface area contributed by atoms with Gasteiger partial charge >= 0.3 is 0 Å². The average molecular weight is 287 g/mol. The van der Waals surface area contributed by atoms with Crippen molar-refractivity contribution in [3.63, 3.8) is 0 Å². The van der Waals surface area contributed by atoms with E-state index in [4.69, 9.17) is 9.94 Å². The fourth-order valence-corrected chi connectivity index (χ4v) is 2.08. The van der Waals surface area contributed by atoms with E-state index in [1.165, 1.54) is 5.56 Å². The third-order valence-electron chi connectivity index (χ3n) is 3.26. The van der Waals surface area contributed by atoms with Crippen molar-refractivity contribution in [2.75, 3.05) is 13.2 Å². The van der Waals surface area contributed by atoms with E-state index in [0.717, 1.165) is 23.5 Å². The summed E-state index contributed by atoms with van der Waals surface area (Å²) in [6.45, 7) is 5.26. The highest BCUT2D eigenvalue weighted by molar-refractivity contribution is 5.82. The smallest absolute Gasteiger partial charge is 0.119 e. The molecule has 5 nitrogen and oxygen atoms in total. The molecule has 1 heterocycles. The van der Waals surface area contributed by atoms with Crippen molar-refractivity contribution in [3.05, 3.63) is 52.8 Å². The van der Waals surface area contributed by atoms with Gasteiger partial charge in [-0.15, -0.1) is 0 Å². The molecule has 0 saturated heterocycles. The molecule has 0 amide bonds. The Bertz CT molecular complexity index is 591. The predicted octanol–water partition coefficient (Wildman–Crippen LogP) is 2.28. The van der Waals surface area contributed by atoms with Crippen LogP contribution in [-0.4, -0.2) is 34.3 Å². The Hall–Kier alpha value is -2.14. The summed E-state index contributed by atoms with van der Waals surface area (Å²) in [5.41, 5.74) is 4.18. The molecule has 0 unspecified atom stereocenters. The van der Waals surface area contributed by atoms with Crippen LogP contribution in [0.25, 0.3) is 0 Å². The van der Waals surface area contributed by atoms with Crippen LogP contribution >= 0.6 is 0 Å². The quantitative estimate of drug-likeness (QED) is 0.483. The molecule has 1 aromatic heterocycles. The van der Waals surface area contributed by atoms with Gasteiger partial charge in [-0.2, -0.15) is 5.10 Å². The molecule has 0 bridgehead atoms. The van der Waals surface area contributed by atoms with E-state index >= 15 is 0 Å². The lowest BCUT2D eigenvalue weighted by atomic mass is 10.2. The minimum Gasteiger partial charge on any atom is -0.396 e. The zero-order valence-corrected chi connectivity index (χ0v) is 12.5. The molecule has 5 heteroatoms. The van der Waals surface area contributed by atoms with Crippen molar-refractivity contribution in [1.82, 2.24) is 9.78 Å². The Morgan fingerprint density at radius 1 is 1.29 bits per heavy atom. The first-order valence-electron chi connectivity index (χ1n) is 7.06. The van der Waals surface area contributed by atoms with Gasteiger partial charge in [0.05, 0.1) is 18.5 Å². The number of nitrogens with zero attached hydrogens (tertiary/aromatic N) is 3. The first-order valence-corrected chi connectivity index (χ1v) is 7.06. The van der Waals surface area contributed by atoms with Crippen LogP contribution in [0.5, 0.6) is 0 Å². The maximum absolute atomic E-state index is 8.67. The fourth-order valence-electron chi connectivity index (χ4n) is 2.08. The van der Waals surface area contributed by atoms with Crippen molar-refractivity contribution in [1.29, 1.82) is 0 Å². The number of aromatic nitrogens is 2. The minimum atomic E-state index is 0.114. The van der Waals surface area contributed by atoms with Crippen LogP contribution in [0, 0.1) is 13.8 Å². The van der Waals surface area contributed by atoms with Crippen molar-refractivity contribution >= 4 is 6.21 Å². The monoisotopic (exact) mass is 287 g/mol. The second-order valence-corrected chi connectivity index (χ2v) is 4.87. The molecule has 0 radical (unpaired) electrons. The maximum atomic E-state index is 8.67. The Morgan fingerprint density at radius 3 is 2.76 bits per heavy atom. The van der Waals surface area contributed by atoms with E-state index in [2.05, 4.69) is 22.4 Å². The topological polar surface area (TPSA) is 59.6 Å². The Labute approximate surface area is 124 Å². The average Bonchev–Trinajstić information content (AvgIpc) is 2.75. The largest absolute Gasteiger partial charge is 0.396 e. The van der Waals surface area contributed by atoms with E-state index in [1.807, 2.05) is 36.7 Å². The van der Waals surface area contributed by atoms with Crippen molar-refractivity contribution < 1.29 is 9.94 Å². The molecule has 0 spiro atoms. The lowest BCUT2D eigenvalue weighted by Gasteiger charge is -2.04. The highest BCUT2D eigenvalue weighted by Gasteiger charge is 2.10. The standard InChI is InChI=1S/C16H21N3O2/c1-13-16(11-17-21-10-6-9-20)14(2)19(18-13)12-15-7-4-3-5-8-15/h3-5,7-8,11,20H,6,9-10,12H2,1-2H3/b17-11+. The summed E-state index contributed by atoms with van der Waals surface area (Å²) in [6.07, 6.45) is 2.28. The second-order valence-electron chi connectivity index (χ2n) is 4.87. The number of hydrogen-bond donors (Lipinski definition) is 1. The first-order chi connectivity index (χ1) is 10.2. The minimum absolute atomic E-state index is 0.114. The zero-order valence-electron chi connectivity index (χ0n) is 12.5. The summed E-state index contributed by atoms with van der Waals surface area (Å²) in [6, 6.07) is 10.2. The molecule has 1 N–H and O–H groups in total. The third-order valence-corrected chi connectivity index (χ3v) is 3.26. The summed E-state index contributed by atoms with van der Waals surface area (Å²) in [5, 5.41) is 17.2.